The standard InChI is InChI=1S/C19H16FNO5/c1-23-15-8-7-11(16(24-2)17(15)25-3)10-14-19(22)26-18(21-14)12-5-4-6-13(20)9-12/h4-10H,1-3H3. The van der Waals surface area contributed by atoms with E-state index in [-0.39, 0.29) is 11.6 Å². The highest BCUT2D eigenvalue weighted by Crippen LogP contribution is 2.40. The summed E-state index contributed by atoms with van der Waals surface area (Å²) in [5.41, 5.74) is 0.997. The van der Waals surface area contributed by atoms with Gasteiger partial charge in [0.05, 0.1) is 21.3 Å². The molecule has 0 saturated heterocycles. The zero-order chi connectivity index (χ0) is 18.7. The van der Waals surface area contributed by atoms with Crippen molar-refractivity contribution in [1.29, 1.82) is 0 Å². The van der Waals surface area contributed by atoms with Crippen LogP contribution in [0.2, 0.25) is 0 Å². The van der Waals surface area contributed by atoms with Crippen LogP contribution in [0.1, 0.15) is 11.1 Å². The lowest BCUT2D eigenvalue weighted by atomic mass is 10.1. The quantitative estimate of drug-likeness (QED) is 0.607. The number of cyclic esters (lactones) is 1. The van der Waals surface area contributed by atoms with Crippen molar-refractivity contribution < 1.29 is 28.1 Å². The molecule has 0 saturated carbocycles. The van der Waals surface area contributed by atoms with Gasteiger partial charge in [-0.25, -0.2) is 14.2 Å². The molecular formula is C19H16FNO5. The number of carbonyl (C=O) groups is 1. The Kier molecular flexibility index (Phi) is 4.88. The van der Waals surface area contributed by atoms with Gasteiger partial charge < -0.3 is 18.9 Å². The van der Waals surface area contributed by atoms with Crippen LogP contribution < -0.4 is 14.2 Å². The number of methoxy groups -OCH3 is 3. The van der Waals surface area contributed by atoms with E-state index in [1.54, 1.807) is 18.2 Å². The predicted molar refractivity (Wildman–Crippen MR) is 93.1 cm³/mol. The zero-order valence-electron chi connectivity index (χ0n) is 14.4. The van der Waals surface area contributed by atoms with Crippen LogP contribution in [0, 0.1) is 5.82 Å². The second kappa shape index (κ2) is 7.26. The Hall–Kier alpha value is -3.35. The molecule has 0 atom stereocenters. The Bertz CT molecular complexity index is 920. The van der Waals surface area contributed by atoms with Crippen molar-refractivity contribution >= 4 is 17.9 Å². The molecule has 134 valence electrons. The summed E-state index contributed by atoms with van der Waals surface area (Å²) >= 11 is 0. The summed E-state index contributed by atoms with van der Waals surface area (Å²) in [4.78, 5) is 16.3. The van der Waals surface area contributed by atoms with Crippen molar-refractivity contribution in [2.75, 3.05) is 21.3 Å². The average Bonchev–Trinajstić information content (AvgIpc) is 3.01. The average molecular weight is 357 g/mol. The monoisotopic (exact) mass is 357 g/mol. The van der Waals surface area contributed by atoms with Gasteiger partial charge in [0.1, 0.15) is 5.82 Å². The number of esters is 1. The molecule has 0 unspecified atom stereocenters. The van der Waals surface area contributed by atoms with Crippen LogP contribution in [-0.4, -0.2) is 33.2 Å². The summed E-state index contributed by atoms with van der Waals surface area (Å²) in [6.07, 6.45) is 1.51. The third-order valence-electron chi connectivity index (χ3n) is 3.72. The molecule has 1 aliphatic rings. The summed E-state index contributed by atoms with van der Waals surface area (Å²) in [5, 5.41) is 0. The molecular weight excluding hydrogens is 341 g/mol. The van der Waals surface area contributed by atoms with Crippen molar-refractivity contribution in [3.63, 3.8) is 0 Å². The van der Waals surface area contributed by atoms with Gasteiger partial charge in [0.15, 0.2) is 17.2 Å². The molecule has 0 bridgehead atoms. The molecule has 2 aromatic rings. The summed E-state index contributed by atoms with van der Waals surface area (Å²) in [6.45, 7) is 0. The van der Waals surface area contributed by atoms with Gasteiger partial charge in [0, 0.05) is 11.1 Å². The molecule has 7 heteroatoms. The number of hydrogen-bond acceptors (Lipinski definition) is 6. The molecule has 0 radical (unpaired) electrons. The first-order chi connectivity index (χ1) is 12.6. The molecule has 0 fully saturated rings. The van der Waals surface area contributed by atoms with E-state index < -0.39 is 11.8 Å². The molecule has 3 rings (SSSR count). The molecule has 1 aliphatic heterocycles. The summed E-state index contributed by atoms with van der Waals surface area (Å²) < 4.78 is 34.4. The molecule has 26 heavy (non-hydrogen) atoms. The van der Waals surface area contributed by atoms with E-state index in [1.807, 2.05) is 0 Å². The minimum Gasteiger partial charge on any atom is -0.493 e. The van der Waals surface area contributed by atoms with Gasteiger partial charge in [-0.05, 0) is 36.4 Å². The number of carbonyl (C=O) groups excluding carboxylic acids is 1. The van der Waals surface area contributed by atoms with Crippen LogP contribution in [0.4, 0.5) is 4.39 Å². The normalized spacial score (nSPS) is 14.8. The maximum Gasteiger partial charge on any atom is 0.363 e. The van der Waals surface area contributed by atoms with Crippen LogP contribution in [-0.2, 0) is 9.53 Å². The van der Waals surface area contributed by atoms with Gasteiger partial charge >= 0.3 is 5.97 Å². The van der Waals surface area contributed by atoms with Crippen molar-refractivity contribution in [3.8, 4) is 17.2 Å². The first-order valence-corrected chi connectivity index (χ1v) is 7.65. The molecule has 0 N–H and O–H groups in total. The van der Waals surface area contributed by atoms with Gasteiger partial charge in [-0.2, -0.15) is 0 Å². The fourth-order valence-corrected chi connectivity index (χ4v) is 2.54. The highest BCUT2D eigenvalue weighted by Gasteiger charge is 2.25. The van der Waals surface area contributed by atoms with Crippen LogP contribution >= 0.6 is 0 Å². The maximum absolute atomic E-state index is 13.4. The second-order valence-corrected chi connectivity index (χ2v) is 5.27. The van der Waals surface area contributed by atoms with Crippen molar-refractivity contribution in [2.45, 2.75) is 0 Å². The Morgan fingerprint density at radius 3 is 2.46 bits per heavy atom. The van der Waals surface area contributed by atoms with Crippen LogP contribution in [0.3, 0.4) is 0 Å². The van der Waals surface area contributed by atoms with E-state index in [4.69, 9.17) is 18.9 Å². The Labute approximate surface area is 149 Å². The number of benzene rings is 2. The Morgan fingerprint density at radius 1 is 1.04 bits per heavy atom. The molecule has 0 amide bonds. The van der Waals surface area contributed by atoms with Gasteiger partial charge in [-0.1, -0.05) is 6.07 Å². The fraction of sp³-hybridized carbons (Fsp3) is 0.158. The largest absolute Gasteiger partial charge is 0.493 e. The number of halogens is 1. The SMILES string of the molecule is COc1ccc(C=C2N=C(c3cccc(F)c3)OC2=O)c(OC)c1OC. The third-order valence-corrected chi connectivity index (χ3v) is 3.72. The molecule has 0 spiro atoms. The highest BCUT2D eigenvalue weighted by molar-refractivity contribution is 6.13. The number of aliphatic imine (C=N–C) groups is 1. The minimum atomic E-state index is -0.638. The number of hydrogen-bond donors (Lipinski definition) is 0. The summed E-state index contributed by atoms with van der Waals surface area (Å²) in [5.74, 6) is 0.234. The van der Waals surface area contributed by atoms with E-state index in [0.29, 0.717) is 28.4 Å². The number of nitrogens with zero attached hydrogens (tertiary/aromatic N) is 1. The molecule has 6 nitrogen and oxygen atoms in total. The van der Waals surface area contributed by atoms with Crippen molar-refractivity contribution in [2.24, 2.45) is 4.99 Å². The predicted octanol–water partition coefficient (Wildman–Crippen LogP) is 3.20. The van der Waals surface area contributed by atoms with E-state index in [2.05, 4.69) is 4.99 Å². The lowest BCUT2D eigenvalue weighted by Gasteiger charge is -2.14. The molecule has 2 aromatic carbocycles. The molecule has 0 aromatic heterocycles. The van der Waals surface area contributed by atoms with Crippen LogP contribution in [0.5, 0.6) is 17.2 Å². The first-order valence-electron chi connectivity index (χ1n) is 7.65. The first kappa shape index (κ1) is 17.5. The Balaban J connectivity index is 2.03. The maximum atomic E-state index is 13.4. The smallest absolute Gasteiger partial charge is 0.363 e. The van der Waals surface area contributed by atoms with Gasteiger partial charge in [0.25, 0.3) is 0 Å². The third kappa shape index (κ3) is 3.23. The molecule has 1 heterocycles. The van der Waals surface area contributed by atoms with E-state index in [0.717, 1.165) is 0 Å². The fourth-order valence-electron chi connectivity index (χ4n) is 2.54. The summed E-state index contributed by atoms with van der Waals surface area (Å²) in [7, 11) is 4.48. The number of ether oxygens (including phenoxy) is 4. The number of rotatable bonds is 5. The topological polar surface area (TPSA) is 66.4 Å². The van der Waals surface area contributed by atoms with Crippen molar-refractivity contribution in [1.82, 2.24) is 0 Å². The van der Waals surface area contributed by atoms with Crippen LogP contribution in [0.15, 0.2) is 47.1 Å². The second-order valence-electron chi connectivity index (χ2n) is 5.27. The highest BCUT2D eigenvalue weighted by atomic mass is 19.1. The molecule has 0 aliphatic carbocycles. The van der Waals surface area contributed by atoms with Gasteiger partial charge in [0.2, 0.25) is 11.6 Å². The lowest BCUT2D eigenvalue weighted by molar-refractivity contribution is -0.129. The van der Waals surface area contributed by atoms with Crippen molar-refractivity contribution in [3.05, 3.63) is 59.0 Å². The lowest BCUT2D eigenvalue weighted by Crippen LogP contribution is -2.05. The van der Waals surface area contributed by atoms with Gasteiger partial charge in [-0.15, -0.1) is 0 Å². The van der Waals surface area contributed by atoms with E-state index in [9.17, 15) is 9.18 Å². The van der Waals surface area contributed by atoms with Crippen LogP contribution in [0.25, 0.3) is 6.08 Å². The summed E-state index contributed by atoms with van der Waals surface area (Å²) in [6, 6.07) is 9.05. The minimum absolute atomic E-state index is 0.0418. The van der Waals surface area contributed by atoms with E-state index >= 15 is 0 Å². The van der Waals surface area contributed by atoms with E-state index in [1.165, 1.54) is 45.6 Å². The van der Waals surface area contributed by atoms with Gasteiger partial charge in [-0.3, -0.25) is 0 Å². The Morgan fingerprint density at radius 2 is 1.81 bits per heavy atom. The zero-order valence-corrected chi connectivity index (χ0v) is 14.4.